The van der Waals surface area contributed by atoms with Gasteiger partial charge in [-0.15, -0.1) is 0 Å². The molecule has 0 saturated carbocycles. The molecule has 0 spiro atoms. The molecule has 0 amide bonds. The van der Waals surface area contributed by atoms with E-state index in [1.807, 2.05) is 4.90 Å². The molecule has 2 rings (SSSR count). The van der Waals surface area contributed by atoms with Crippen LogP contribution in [0.25, 0.3) is 0 Å². The van der Waals surface area contributed by atoms with Gasteiger partial charge in [0.1, 0.15) is 0 Å². The lowest BCUT2D eigenvalue weighted by molar-refractivity contribution is -0.138. The Hall–Kier alpha value is -1.76. The van der Waals surface area contributed by atoms with E-state index in [-0.39, 0.29) is 12.5 Å². The number of alkyl halides is 3. The SMILES string of the molecule is O=C(O)CCNC1CCN(c2cccc(C(F)(F)F)c2)CC1. The molecule has 0 unspecified atom stereocenters. The zero-order chi connectivity index (χ0) is 16.2. The van der Waals surface area contributed by atoms with E-state index in [1.54, 1.807) is 6.07 Å². The molecule has 0 bridgehead atoms. The Balaban J connectivity index is 1.88. The first-order valence-electron chi connectivity index (χ1n) is 7.23. The van der Waals surface area contributed by atoms with Crippen molar-refractivity contribution in [3.8, 4) is 0 Å². The Morgan fingerprint density at radius 1 is 1.32 bits per heavy atom. The molecular formula is C15H19F3N2O2. The van der Waals surface area contributed by atoms with Gasteiger partial charge in [-0.2, -0.15) is 13.2 Å². The number of piperidine rings is 1. The standard InChI is InChI=1S/C15H19F3N2O2/c16-15(17,18)11-2-1-3-13(10-11)20-8-5-12(6-9-20)19-7-4-14(21)22/h1-3,10,12,19H,4-9H2,(H,21,22). The molecule has 0 aliphatic carbocycles. The van der Waals surface area contributed by atoms with Crippen LogP contribution in [0.15, 0.2) is 24.3 Å². The van der Waals surface area contributed by atoms with Gasteiger partial charge in [-0.1, -0.05) is 6.07 Å². The van der Waals surface area contributed by atoms with Crippen LogP contribution >= 0.6 is 0 Å². The van der Waals surface area contributed by atoms with Crippen molar-refractivity contribution in [3.63, 3.8) is 0 Å². The number of halogens is 3. The lowest BCUT2D eigenvalue weighted by atomic mass is 10.0. The number of carboxylic acids is 1. The number of carbonyl (C=O) groups is 1. The molecule has 2 N–H and O–H groups in total. The molecule has 1 heterocycles. The molecule has 4 nitrogen and oxygen atoms in total. The van der Waals surface area contributed by atoms with E-state index < -0.39 is 17.7 Å². The molecular weight excluding hydrogens is 297 g/mol. The molecule has 0 atom stereocenters. The summed E-state index contributed by atoms with van der Waals surface area (Å²) >= 11 is 0. The highest BCUT2D eigenvalue weighted by Gasteiger charge is 2.31. The number of carboxylic acid groups (broad SMARTS) is 1. The fraction of sp³-hybridized carbons (Fsp3) is 0.533. The van der Waals surface area contributed by atoms with Crippen LogP contribution in [-0.2, 0) is 11.0 Å². The van der Waals surface area contributed by atoms with Gasteiger partial charge in [-0.3, -0.25) is 4.79 Å². The number of aliphatic carboxylic acids is 1. The minimum atomic E-state index is -4.33. The summed E-state index contributed by atoms with van der Waals surface area (Å²) in [5, 5.41) is 11.8. The first kappa shape index (κ1) is 16.6. The van der Waals surface area contributed by atoms with Crippen LogP contribution in [-0.4, -0.2) is 36.8 Å². The molecule has 22 heavy (non-hydrogen) atoms. The maximum Gasteiger partial charge on any atom is 0.416 e. The first-order valence-corrected chi connectivity index (χ1v) is 7.23. The van der Waals surface area contributed by atoms with Crippen LogP contribution in [0.5, 0.6) is 0 Å². The summed E-state index contributed by atoms with van der Waals surface area (Å²) in [5.74, 6) is -0.839. The average molecular weight is 316 g/mol. The molecule has 7 heteroatoms. The Morgan fingerprint density at radius 2 is 2.00 bits per heavy atom. The molecule has 1 aromatic rings. The second-order valence-electron chi connectivity index (χ2n) is 5.41. The number of nitrogens with zero attached hydrogens (tertiary/aromatic N) is 1. The van der Waals surface area contributed by atoms with Crippen molar-refractivity contribution in [3.05, 3.63) is 29.8 Å². The second kappa shape index (κ2) is 7.00. The van der Waals surface area contributed by atoms with Crippen molar-refractivity contribution in [2.75, 3.05) is 24.5 Å². The van der Waals surface area contributed by atoms with E-state index in [0.29, 0.717) is 25.3 Å². The molecule has 0 aromatic heterocycles. The van der Waals surface area contributed by atoms with Crippen molar-refractivity contribution in [2.45, 2.75) is 31.5 Å². The summed E-state index contributed by atoms with van der Waals surface area (Å²) in [6.07, 6.45) is -2.67. The number of nitrogens with one attached hydrogen (secondary N) is 1. The van der Waals surface area contributed by atoms with E-state index in [1.165, 1.54) is 12.1 Å². The van der Waals surface area contributed by atoms with Crippen LogP contribution < -0.4 is 10.2 Å². The third-order valence-electron chi connectivity index (χ3n) is 3.81. The van der Waals surface area contributed by atoms with Crippen molar-refractivity contribution in [2.24, 2.45) is 0 Å². The molecule has 0 radical (unpaired) electrons. The van der Waals surface area contributed by atoms with Gasteiger partial charge in [0.2, 0.25) is 0 Å². The van der Waals surface area contributed by atoms with E-state index in [4.69, 9.17) is 5.11 Å². The number of rotatable bonds is 5. The number of anilines is 1. The molecule has 1 aromatic carbocycles. The summed E-state index contributed by atoms with van der Waals surface area (Å²) in [6, 6.07) is 5.59. The predicted molar refractivity (Wildman–Crippen MR) is 76.9 cm³/mol. The molecule has 1 aliphatic rings. The van der Waals surface area contributed by atoms with Gasteiger partial charge in [0.15, 0.2) is 0 Å². The van der Waals surface area contributed by atoms with E-state index in [9.17, 15) is 18.0 Å². The van der Waals surface area contributed by atoms with Gasteiger partial charge < -0.3 is 15.3 Å². The van der Waals surface area contributed by atoms with E-state index >= 15 is 0 Å². The largest absolute Gasteiger partial charge is 0.481 e. The lowest BCUT2D eigenvalue weighted by Gasteiger charge is -2.34. The maximum absolute atomic E-state index is 12.7. The fourth-order valence-corrected chi connectivity index (χ4v) is 2.60. The average Bonchev–Trinajstić information content (AvgIpc) is 2.47. The van der Waals surface area contributed by atoms with Crippen LogP contribution in [0.2, 0.25) is 0 Å². The Morgan fingerprint density at radius 3 is 2.59 bits per heavy atom. The second-order valence-corrected chi connectivity index (χ2v) is 5.41. The predicted octanol–water partition coefficient (Wildman–Crippen LogP) is 2.74. The summed E-state index contributed by atoms with van der Waals surface area (Å²) in [6.45, 7) is 1.74. The Kier molecular flexibility index (Phi) is 5.28. The normalized spacial score (nSPS) is 16.8. The van der Waals surface area contributed by atoms with Gasteiger partial charge in [-0.05, 0) is 31.0 Å². The van der Waals surface area contributed by atoms with Crippen molar-refractivity contribution < 1.29 is 23.1 Å². The quantitative estimate of drug-likeness (QED) is 0.877. The summed E-state index contributed by atoms with van der Waals surface area (Å²) in [7, 11) is 0. The van der Waals surface area contributed by atoms with Gasteiger partial charge >= 0.3 is 12.1 Å². The highest BCUT2D eigenvalue weighted by atomic mass is 19.4. The smallest absolute Gasteiger partial charge is 0.416 e. The van der Waals surface area contributed by atoms with Crippen molar-refractivity contribution in [1.29, 1.82) is 0 Å². The number of benzene rings is 1. The van der Waals surface area contributed by atoms with Gasteiger partial charge in [0.25, 0.3) is 0 Å². The fourth-order valence-electron chi connectivity index (χ4n) is 2.60. The summed E-state index contributed by atoms with van der Waals surface area (Å²) in [4.78, 5) is 12.4. The highest BCUT2D eigenvalue weighted by Crippen LogP contribution is 2.32. The zero-order valence-corrected chi connectivity index (χ0v) is 12.1. The van der Waals surface area contributed by atoms with Crippen LogP contribution in [0.3, 0.4) is 0 Å². The lowest BCUT2D eigenvalue weighted by Crippen LogP contribution is -2.43. The third-order valence-corrected chi connectivity index (χ3v) is 3.81. The first-order chi connectivity index (χ1) is 10.4. The van der Waals surface area contributed by atoms with E-state index in [0.717, 1.165) is 18.9 Å². The molecule has 1 aliphatic heterocycles. The summed E-state index contributed by atoms with van der Waals surface area (Å²) < 4.78 is 38.2. The molecule has 122 valence electrons. The number of hydrogen-bond acceptors (Lipinski definition) is 3. The van der Waals surface area contributed by atoms with Gasteiger partial charge in [0.05, 0.1) is 12.0 Å². The molecule has 1 saturated heterocycles. The van der Waals surface area contributed by atoms with Crippen molar-refractivity contribution in [1.82, 2.24) is 5.32 Å². The Labute approximate surface area is 126 Å². The monoisotopic (exact) mass is 316 g/mol. The molecule has 1 fully saturated rings. The Bertz CT molecular complexity index is 512. The van der Waals surface area contributed by atoms with E-state index in [2.05, 4.69) is 5.32 Å². The third kappa shape index (κ3) is 4.62. The van der Waals surface area contributed by atoms with Crippen LogP contribution in [0.1, 0.15) is 24.8 Å². The van der Waals surface area contributed by atoms with Crippen LogP contribution in [0, 0.1) is 0 Å². The van der Waals surface area contributed by atoms with Gasteiger partial charge in [0, 0.05) is 31.4 Å². The summed E-state index contributed by atoms with van der Waals surface area (Å²) in [5.41, 5.74) is -0.0504. The van der Waals surface area contributed by atoms with Crippen LogP contribution in [0.4, 0.5) is 18.9 Å². The topological polar surface area (TPSA) is 52.6 Å². The van der Waals surface area contributed by atoms with Crippen molar-refractivity contribution >= 4 is 11.7 Å². The maximum atomic E-state index is 12.7. The number of hydrogen-bond donors (Lipinski definition) is 2. The minimum absolute atomic E-state index is 0.0772. The van der Waals surface area contributed by atoms with Gasteiger partial charge in [-0.25, -0.2) is 0 Å². The minimum Gasteiger partial charge on any atom is -0.481 e. The zero-order valence-electron chi connectivity index (χ0n) is 12.1. The highest BCUT2D eigenvalue weighted by molar-refractivity contribution is 5.66.